The molecule has 1 heterocycles. The third-order valence-electron chi connectivity index (χ3n) is 7.19. The Hall–Kier alpha value is -4.09. The molecule has 1 aliphatic heterocycles. The number of rotatable bonds is 9. The van der Waals surface area contributed by atoms with Crippen LogP contribution in [0.15, 0.2) is 103 Å². The Morgan fingerprint density at radius 3 is 2.05 bits per heavy atom. The first-order valence-corrected chi connectivity index (χ1v) is 13.7. The van der Waals surface area contributed by atoms with E-state index in [0.717, 1.165) is 35.7 Å². The fourth-order valence-electron chi connectivity index (χ4n) is 5.24. The molecule has 1 saturated heterocycles. The molecule has 0 bridgehead atoms. The second kappa shape index (κ2) is 12.6. The van der Waals surface area contributed by atoms with Gasteiger partial charge in [0.25, 0.3) is 5.91 Å². The highest BCUT2D eigenvalue weighted by atomic mass is 16.5. The maximum atomic E-state index is 13.6. The Kier molecular flexibility index (Phi) is 8.59. The summed E-state index contributed by atoms with van der Waals surface area (Å²) >= 11 is 0. The lowest BCUT2D eigenvalue weighted by molar-refractivity contribution is 0.0597. The summed E-state index contributed by atoms with van der Waals surface area (Å²) in [5, 5.41) is 0. The van der Waals surface area contributed by atoms with Crippen molar-refractivity contribution in [3.8, 4) is 11.5 Å². The average molecular weight is 521 g/mol. The van der Waals surface area contributed by atoms with Crippen LogP contribution in [0.3, 0.4) is 0 Å². The molecular formula is C34H36N2O3. The molecule has 0 unspecified atom stereocenters. The number of carbonyl (C=O) groups is 1. The van der Waals surface area contributed by atoms with Crippen molar-refractivity contribution in [1.82, 2.24) is 9.80 Å². The number of aryl methyl sites for hydroxylation is 1. The molecule has 0 N–H and O–H groups in total. The van der Waals surface area contributed by atoms with Gasteiger partial charge in [-0.2, -0.15) is 0 Å². The molecule has 4 aromatic rings. The van der Waals surface area contributed by atoms with Gasteiger partial charge in [-0.05, 0) is 60.9 Å². The standard InChI is InChI=1S/C34H36N2O3/c1-3-38-32-18-17-29(24-30(32)25-39-31-16-10-11-26(2)23-31)34(37)36-21-19-35(20-22-36)33(27-12-6-4-7-13-27)28-14-8-5-9-15-28/h4-18,23-24,33H,3,19-22,25H2,1-2H3. The van der Waals surface area contributed by atoms with Crippen LogP contribution in [-0.2, 0) is 6.61 Å². The molecule has 0 radical (unpaired) electrons. The SMILES string of the molecule is CCOc1ccc(C(=O)N2CCN(C(c3ccccc3)c3ccccc3)CC2)cc1COc1cccc(C)c1. The zero-order valence-electron chi connectivity index (χ0n) is 22.8. The topological polar surface area (TPSA) is 42.0 Å². The third kappa shape index (κ3) is 6.50. The van der Waals surface area contributed by atoms with Crippen LogP contribution in [-0.4, -0.2) is 48.5 Å². The van der Waals surface area contributed by atoms with Gasteiger partial charge in [-0.25, -0.2) is 0 Å². The van der Waals surface area contributed by atoms with Gasteiger partial charge in [0.15, 0.2) is 0 Å². The van der Waals surface area contributed by atoms with Crippen molar-refractivity contribution in [2.45, 2.75) is 26.5 Å². The van der Waals surface area contributed by atoms with E-state index in [1.807, 2.05) is 61.2 Å². The molecule has 1 fully saturated rings. The monoisotopic (exact) mass is 520 g/mol. The molecule has 0 aromatic heterocycles. The molecule has 0 spiro atoms. The number of amides is 1. The zero-order valence-corrected chi connectivity index (χ0v) is 22.8. The fourth-order valence-corrected chi connectivity index (χ4v) is 5.24. The number of nitrogens with zero attached hydrogens (tertiary/aromatic N) is 2. The first-order chi connectivity index (χ1) is 19.1. The second-order valence-electron chi connectivity index (χ2n) is 9.91. The number of carbonyl (C=O) groups excluding carboxylic acids is 1. The summed E-state index contributed by atoms with van der Waals surface area (Å²) in [6.45, 7) is 7.86. The van der Waals surface area contributed by atoms with Crippen molar-refractivity contribution in [2.75, 3.05) is 32.8 Å². The minimum Gasteiger partial charge on any atom is -0.493 e. The van der Waals surface area contributed by atoms with Crippen LogP contribution in [0, 0.1) is 6.92 Å². The summed E-state index contributed by atoms with van der Waals surface area (Å²) in [6, 6.07) is 35.1. The third-order valence-corrected chi connectivity index (χ3v) is 7.19. The molecular weight excluding hydrogens is 484 g/mol. The lowest BCUT2D eigenvalue weighted by atomic mass is 9.96. The van der Waals surface area contributed by atoms with Crippen LogP contribution in [0.2, 0.25) is 0 Å². The van der Waals surface area contributed by atoms with Crippen molar-refractivity contribution in [3.05, 3.63) is 131 Å². The summed E-state index contributed by atoms with van der Waals surface area (Å²) in [7, 11) is 0. The molecule has 39 heavy (non-hydrogen) atoms. The van der Waals surface area contributed by atoms with Crippen LogP contribution < -0.4 is 9.47 Å². The van der Waals surface area contributed by atoms with Gasteiger partial charge in [-0.3, -0.25) is 9.69 Å². The molecule has 5 nitrogen and oxygen atoms in total. The quantitative estimate of drug-likeness (QED) is 0.252. The Labute approximate surface area is 231 Å². The largest absolute Gasteiger partial charge is 0.493 e. The van der Waals surface area contributed by atoms with E-state index < -0.39 is 0 Å². The van der Waals surface area contributed by atoms with Crippen molar-refractivity contribution < 1.29 is 14.3 Å². The van der Waals surface area contributed by atoms with E-state index in [4.69, 9.17) is 9.47 Å². The van der Waals surface area contributed by atoms with Crippen LogP contribution >= 0.6 is 0 Å². The molecule has 0 aliphatic carbocycles. The fraction of sp³-hybridized carbons (Fsp3) is 0.265. The highest BCUT2D eigenvalue weighted by Crippen LogP contribution is 2.30. The second-order valence-corrected chi connectivity index (χ2v) is 9.91. The molecule has 200 valence electrons. The number of benzene rings is 4. The molecule has 0 saturated carbocycles. The van der Waals surface area contributed by atoms with E-state index in [-0.39, 0.29) is 11.9 Å². The maximum absolute atomic E-state index is 13.6. The predicted octanol–water partition coefficient (Wildman–Crippen LogP) is 6.52. The first-order valence-electron chi connectivity index (χ1n) is 13.7. The smallest absolute Gasteiger partial charge is 0.253 e. The minimum atomic E-state index is 0.0467. The summed E-state index contributed by atoms with van der Waals surface area (Å²) in [5.74, 6) is 1.60. The van der Waals surface area contributed by atoms with Gasteiger partial charge in [0.2, 0.25) is 0 Å². The first kappa shape index (κ1) is 26.5. The van der Waals surface area contributed by atoms with Gasteiger partial charge in [-0.1, -0.05) is 72.8 Å². The molecule has 4 aromatic carbocycles. The number of ether oxygens (including phenoxy) is 2. The highest BCUT2D eigenvalue weighted by molar-refractivity contribution is 5.94. The van der Waals surface area contributed by atoms with Crippen LogP contribution in [0.5, 0.6) is 11.5 Å². The highest BCUT2D eigenvalue weighted by Gasteiger charge is 2.28. The molecule has 1 amide bonds. The van der Waals surface area contributed by atoms with Gasteiger partial charge in [0, 0.05) is 37.3 Å². The number of piperazine rings is 1. The number of hydrogen-bond acceptors (Lipinski definition) is 4. The Bertz CT molecular complexity index is 1330. The maximum Gasteiger partial charge on any atom is 0.253 e. The molecule has 1 aliphatic rings. The van der Waals surface area contributed by atoms with E-state index in [0.29, 0.717) is 31.9 Å². The molecule has 0 atom stereocenters. The van der Waals surface area contributed by atoms with Gasteiger partial charge in [0.05, 0.1) is 12.6 Å². The molecule has 5 rings (SSSR count). The van der Waals surface area contributed by atoms with Gasteiger partial charge < -0.3 is 14.4 Å². The van der Waals surface area contributed by atoms with E-state index >= 15 is 0 Å². The van der Waals surface area contributed by atoms with Crippen LogP contribution in [0.4, 0.5) is 0 Å². The van der Waals surface area contributed by atoms with Crippen molar-refractivity contribution in [1.29, 1.82) is 0 Å². The van der Waals surface area contributed by atoms with E-state index in [1.54, 1.807) is 0 Å². The lowest BCUT2D eigenvalue weighted by Crippen LogP contribution is -2.49. The zero-order chi connectivity index (χ0) is 27.0. The Morgan fingerprint density at radius 1 is 0.769 bits per heavy atom. The van der Waals surface area contributed by atoms with Gasteiger partial charge in [-0.15, -0.1) is 0 Å². The summed E-state index contributed by atoms with van der Waals surface area (Å²) in [4.78, 5) is 18.0. The van der Waals surface area contributed by atoms with Gasteiger partial charge in [0.1, 0.15) is 18.1 Å². The summed E-state index contributed by atoms with van der Waals surface area (Å²) in [6.07, 6.45) is 0. The van der Waals surface area contributed by atoms with Crippen molar-refractivity contribution in [3.63, 3.8) is 0 Å². The van der Waals surface area contributed by atoms with Crippen LogP contribution in [0.1, 0.15) is 45.6 Å². The Morgan fingerprint density at radius 2 is 1.44 bits per heavy atom. The van der Waals surface area contributed by atoms with Crippen molar-refractivity contribution >= 4 is 5.91 Å². The van der Waals surface area contributed by atoms with E-state index in [1.165, 1.54) is 11.1 Å². The number of hydrogen-bond donors (Lipinski definition) is 0. The molecule has 5 heteroatoms. The van der Waals surface area contributed by atoms with E-state index in [2.05, 4.69) is 65.6 Å². The van der Waals surface area contributed by atoms with E-state index in [9.17, 15) is 4.79 Å². The lowest BCUT2D eigenvalue weighted by Gasteiger charge is -2.40. The normalized spacial score (nSPS) is 13.9. The summed E-state index contributed by atoms with van der Waals surface area (Å²) in [5.41, 5.74) is 5.22. The van der Waals surface area contributed by atoms with Crippen LogP contribution in [0.25, 0.3) is 0 Å². The predicted molar refractivity (Wildman–Crippen MR) is 155 cm³/mol. The Balaban J connectivity index is 1.29. The van der Waals surface area contributed by atoms with Gasteiger partial charge >= 0.3 is 0 Å². The summed E-state index contributed by atoms with van der Waals surface area (Å²) < 4.78 is 11.9. The average Bonchev–Trinajstić information content (AvgIpc) is 2.98. The van der Waals surface area contributed by atoms with Crippen molar-refractivity contribution in [2.24, 2.45) is 0 Å². The minimum absolute atomic E-state index is 0.0467.